The first kappa shape index (κ1) is 35.3. The molecule has 1 aromatic heterocycles. The standard InChI is InChI=1S/C59H41NO/c1-59(2)55-22-11-10-19-49(55)50-33-28-42(35-56(50)59)53-37-54-51-34-27-41(36-57(51)61-58(54)52-20-9-8-18-48(52)53)38-23-29-44(30-24-38)60(43-15-4-3-5-16-43)45-31-25-40(26-32-45)47-21-12-14-39-13-6-7-17-46(39)47/h3-37H,1-2H3. The van der Waals surface area contributed by atoms with Crippen LogP contribution >= 0.6 is 0 Å². The molecule has 0 fully saturated rings. The van der Waals surface area contributed by atoms with Gasteiger partial charge < -0.3 is 9.32 Å². The smallest absolute Gasteiger partial charge is 0.143 e. The Morgan fingerprint density at radius 1 is 0.344 bits per heavy atom. The predicted molar refractivity (Wildman–Crippen MR) is 257 cm³/mol. The summed E-state index contributed by atoms with van der Waals surface area (Å²) in [5.74, 6) is 0. The maximum Gasteiger partial charge on any atom is 0.143 e. The fourth-order valence-corrected chi connectivity index (χ4v) is 9.98. The number of anilines is 3. The number of fused-ring (bicyclic) bond motifs is 9. The molecule has 0 N–H and O–H groups in total. The molecule has 11 aromatic rings. The summed E-state index contributed by atoms with van der Waals surface area (Å²) in [6.07, 6.45) is 0. The molecule has 10 aromatic carbocycles. The molecule has 288 valence electrons. The molecule has 0 aliphatic heterocycles. The van der Waals surface area contributed by atoms with Gasteiger partial charge in [0.15, 0.2) is 0 Å². The first-order valence-electron chi connectivity index (χ1n) is 21.2. The number of hydrogen-bond acceptors (Lipinski definition) is 2. The lowest BCUT2D eigenvalue weighted by molar-refractivity contribution is 0.660. The highest BCUT2D eigenvalue weighted by Crippen LogP contribution is 2.50. The molecule has 1 heterocycles. The Balaban J connectivity index is 0.904. The van der Waals surface area contributed by atoms with Crippen LogP contribution in [0, 0.1) is 0 Å². The topological polar surface area (TPSA) is 16.4 Å². The van der Waals surface area contributed by atoms with Gasteiger partial charge >= 0.3 is 0 Å². The first-order chi connectivity index (χ1) is 30.0. The van der Waals surface area contributed by atoms with Crippen molar-refractivity contribution in [3.8, 4) is 44.5 Å². The molecule has 2 nitrogen and oxygen atoms in total. The third-order valence-electron chi connectivity index (χ3n) is 13.1. The largest absolute Gasteiger partial charge is 0.455 e. The number of para-hydroxylation sites is 1. The lowest BCUT2D eigenvalue weighted by atomic mass is 9.81. The summed E-state index contributed by atoms with van der Waals surface area (Å²) >= 11 is 0. The SMILES string of the molecule is CC1(C)c2ccccc2-c2ccc(-c3cc4c5ccc(-c6ccc(N(c7ccccc7)c7ccc(-c8cccc9ccccc89)cc7)cc6)cc5oc4c4ccccc34)cc21. The lowest BCUT2D eigenvalue weighted by Crippen LogP contribution is -2.14. The molecule has 0 bridgehead atoms. The second-order valence-electron chi connectivity index (χ2n) is 16.9. The van der Waals surface area contributed by atoms with Crippen LogP contribution in [0.1, 0.15) is 25.0 Å². The molecular weight excluding hydrogens is 739 g/mol. The maximum atomic E-state index is 6.80. The van der Waals surface area contributed by atoms with Crippen LogP contribution in [0.2, 0.25) is 0 Å². The second kappa shape index (κ2) is 13.7. The third kappa shape index (κ3) is 5.64. The number of nitrogens with zero attached hydrogens (tertiary/aromatic N) is 1. The minimum absolute atomic E-state index is 0.0666. The van der Waals surface area contributed by atoms with Crippen LogP contribution in [0.4, 0.5) is 17.1 Å². The Hall–Kier alpha value is -7.68. The summed E-state index contributed by atoms with van der Waals surface area (Å²) in [6.45, 7) is 4.70. The van der Waals surface area contributed by atoms with Gasteiger partial charge in [0.25, 0.3) is 0 Å². The molecule has 1 aliphatic carbocycles. The minimum atomic E-state index is -0.0666. The van der Waals surface area contributed by atoms with E-state index in [1.165, 1.54) is 60.7 Å². The second-order valence-corrected chi connectivity index (χ2v) is 16.9. The number of benzene rings is 10. The molecule has 1 aliphatic rings. The number of hydrogen-bond donors (Lipinski definition) is 0. The van der Waals surface area contributed by atoms with Gasteiger partial charge in [0.05, 0.1) is 0 Å². The van der Waals surface area contributed by atoms with Crippen LogP contribution in [-0.4, -0.2) is 0 Å². The molecule has 0 unspecified atom stereocenters. The molecule has 12 rings (SSSR count). The predicted octanol–water partition coefficient (Wildman–Crippen LogP) is 16.7. The Kier molecular flexibility index (Phi) is 7.92. The van der Waals surface area contributed by atoms with Crippen molar-refractivity contribution in [2.24, 2.45) is 0 Å². The van der Waals surface area contributed by atoms with Gasteiger partial charge in [0, 0.05) is 38.6 Å². The molecule has 2 heteroatoms. The molecule has 0 atom stereocenters. The van der Waals surface area contributed by atoms with E-state index in [0.717, 1.165) is 55.5 Å². The van der Waals surface area contributed by atoms with Crippen molar-refractivity contribution in [3.05, 3.63) is 223 Å². The van der Waals surface area contributed by atoms with E-state index < -0.39 is 0 Å². The molecule has 61 heavy (non-hydrogen) atoms. The van der Waals surface area contributed by atoms with E-state index in [-0.39, 0.29) is 5.41 Å². The maximum absolute atomic E-state index is 6.80. The van der Waals surface area contributed by atoms with Gasteiger partial charge in [-0.1, -0.05) is 166 Å². The monoisotopic (exact) mass is 779 g/mol. The Morgan fingerprint density at radius 2 is 0.934 bits per heavy atom. The highest BCUT2D eigenvalue weighted by molar-refractivity contribution is 6.19. The summed E-state index contributed by atoms with van der Waals surface area (Å²) in [5, 5.41) is 7.10. The van der Waals surface area contributed by atoms with Gasteiger partial charge in [0.1, 0.15) is 11.2 Å². The van der Waals surface area contributed by atoms with Crippen molar-refractivity contribution in [2.45, 2.75) is 19.3 Å². The van der Waals surface area contributed by atoms with E-state index in [1.54, 1.807) is 0 Å². The normalized spacial score (nSPS) is 12.9. The van der Waals surface area contributed by atoms with Crippen molar-refractivity contribution >= 4 is 60.5 Å². The number of furan rings is 1. The quantitative estimate of drug-likeness (QED) is 0.167. The average Bonchev–Trinajstić information content (AvgIpc) is 3.80. The Labute approximate surface area is 355 Å². The van der Waals surface area contributed by atoms with Gasteiger partial charge in [-0.25, -0.2) is 0 Å². The van der Waals surface area contributed by atoms with Gasteiger partial charge in [-0.15, -0.1) is 0 Å². The van der Waals surface area contributed by atoms with Gasteiger partial charge in [-0.3, -0.25) is 0 Å². The van der Waals surface area contributed by atoms with Gasteiger partial charge in [-0.2, -0.15) is 0 Å². The summed E-state index contributed by atoms with van der Waals surface area (Å²) < 4.78 is 6.80. The number of rotatable bonds is 6. The molecular formula is C59H41NO. The highest BCUT2D eigenvalue weighted by atomic mass is 16.3. The first-order valence-corrected chi connectivity index (χ1v) is 21.2. The van der Waals surface area contributed by atoms with Crippen LogP contribution in [0.5, 0.6) is 0 Å². The van der Waals surface area contributed by atoms with Crippen molar-refractivity contribution in [2.75, 3.05) is 4.90 Å². The summed E-state index contributed by atoms with van der Waals surface area (Å²) in [6, 6.07) is 77.2. The van der Waals surface area contributed by atoms with E-state index in [1.807, 2.05) is 0 Å². The summed E-state index contributed by atoms with van der Waals surface area (Å²) in [5.41, 5.74) is 17.7. The molecule has 0 amide bonds. The molecule has 0 radical (unpaired) electrons. The van der Waals surface area contributed by atoms with Gasteiger partial charge in [0.2, 0.25) is 0 Å². The van der Waals surface area contributed by atoms with Crippen molar-refractivity contribution in [3.63, 3.8) is 0 Å². The van der Waals surface area contributed by atoms with Crippen LogP contribution < -0.4 is 4.90 Å². The Bertz CT molecular complexity index is 3480. The zero-order valence-corrected chi connectivity index (χ0v) is 34.1. The Morgan fingerprint density at radius 3 is 1.74 bits per heavy atom. The minimum Gasteiger partial charge on any atom is -0.455 e. The van der Waals surface area contributed by atoms with Crippen LogP contribution in [-0.2, 0) is 5.41 Å². The van der Waals surface area contributed by atoms with E-state index in [4.69, 9.17) is 4.42 Å². The fraction of sp³-hybridized carbons (Fsp3) is 0.0508. The van der Waals surface area contributed by atoms with Crippen molar-refractivity contribution in [1.29, 1.82) is 0 Å². The lowest BCUT2D eigenvalue weighted by Gasteiger charge is -2.26. The van der Waals surface area contributed by atoms with E-state index in [2.05, 4.69) is 231 Å². The third-order valence-corrected chi connectivity index (χ3v) is 13.1. The summed E-state index contributed by atoms with van der Waals surface area (Å²) in [7, 11) is 0. The fourth-order valence-electron chi connectivity index (χ4n) is 9.98. The molecule has 0 spiro atoms. The highest BCUT2D eigenvalue weighted by Gasteiger charge is 2.35. The van der Waals surface area contributed by atoms with Crippen LogP contribution in [0.15, 0.2) is 217 Å². The zero-order valence-electron chi connectivity index (χ0n) is 34.1. The summed E-state index contributed by atoms with van der Waals surface area (Å²) in [4.78, 5) is 2.32. The van der Waals surface area contributed by atoms with Crippen LogP contribution in [0.3, 0.4) is 0 Å². The van der Waals surface area contributed by atoms with E-state index in [0.29, 0.717) is 0 Å². The average molecular weight is 780 g/mol. The van der Waals surface area contributed by atoms with E-state index >= 15 is 0 Å². The zero-order chi connectivity index (χ0) is 40.7. The van der Waals surface area contributed by atoms with E-state index in [9.17, 15) is 0 Å². The van der Waals surface area contributed by atoms with Gasteiger partial charge in [-0.05, 0) is 132 Å². The van der Waals surface area contributed by atoms with Crippen molar-refractivity contribution in [1.82, 2.24) is 0 Å². The van der Waals surface area contributed by atoms with Crippen molar-refractivity contribution < 1.29 is 4.42 Å². The molecule has 0 saturated carbocycles. The van der Waals surface area contributed by atoms with Crippen LogP contribution in [0.25, 0.3) is 88.0 Å². The molecule has 0 saturated heterocycles.